The normalized spacial score (nSPS) is 12.4. The topological polar surface area (TPSA) is 78.9 Å². The highest BCUT2D eigenvalue weighted by Crippen LogP contribution is 2.18. The zero-order chi connectivity index (χ0) is 44.5. The van der Waals surface area contributed by atoms with Crippen LogP contribution in [-0.4, -0.2) is 37.2 Å². The number of carbonyl (C=O) groups is 3. The lowest BCUT2D eigenvalue weighted by Crippen LogP contribution is -2.30. The molecule has 0 aromatic carbocycles. The second-order valence-electron chi connectivity index (χ2n) is 19.1. The average Bonchev–Trinajstić information content (AvgIpc) is 3.26. The third kappa shape index (κ3) is 47.7. The molecule has 0 amide bonds. The van der Waals surface area contributed by atoms with Gasteiger partial charge in [-0.25, -0.2) is 0 Å². The van der Waals surface area contributed by atoms with Crippen molar-refractivity contribution in [3.05, 3.63) is 0 Å². The third-order valence-corrected chi connectivity index (χ3v) is 12.9. The van der Waals surface area contributed by atoms with E-state index in [1.54, 1.807) is 0 Å². The molecular formula is C55H106O6. The maximum absolute atomic E-state index is 12.7. The molecule has 0 saturated heterocycles. The Morgan fingerprint density at radius 1 is 0.328 bits per heavy atom. The Hall–Kier alpha value is -1.59. The molecule has 0 aliphatic rings. The molecule has 0 rings (SSSR count). The summed E-state index contributed by atoms with van der Waals surface area (Å²) in [5.74, 6) is 0.0617. The highest BCUT2D eigenvalue weighted by atomic mass is 16.6. The average molecular weight is 863 g/mol. The van der Waals surface area contributed by atoms with E-state index in [1.165, 1.54) is 205 Å². The van der Waals surface area contributed by atoms with Crippen LogP contribution in [0.15, 0.2) is 0 Å². The molecule has 0 heterocycles. The summed E-state index contributed by atoms with van der Waals surface area (Å²) in [7, 11) is 0. The van der Waals surface area contributed by atoms with Gasteiger partial charge in [-0.3, -0.25) is 14.4 Å². The number of rotatable bonds is 50. The highest BCUT2D eigenvalue weighted by molar-refractivity contribution is 5.71. The predicted octanol–water partition coefficient (Wildman–Crippen LogP) is 17.8. The number of carbonyl (C=O) groups excluding carboxylic acids is 3. The van der Waals surface area contributed by atoms with Crippen LogP contribution in [0.1, 0.15) is 310 Å². The minimum Gasteiger partial charge on any atom is -0.462 e. The zero-order valence-electron chi connectivity index (χ0n) is 41.6. The molecule has 0 fully saturated rings. The molecule has 6 heteroatoms. The van der Waals surface area contributed by atoms with Gasteiger partial charge in [-0.2, -0.15) is 0 Å². The molecule has 2 atom stereocenters. The summed E-state index contributed by atoms with van der Waals surface area (Å²) < 4.78 is 16.8. The van der Waals surface area contributed by atoms with Crippen LogP contribution >= 0.6 is 0 Å². The van der Waals surface area contributed by atoms with E-state index in [-0.39, 0.29) is 31.1 Å². The van der Waals surface area contributed by atoms with E-state index < -0.39 is 6.10 Å². The second-order valence-corrected chi connectivity index (χ2v) is 19.1. The monoisotopic (exact) mass is 863 g/mol. The van der Waals surface area contributed by atoms with Gasteiger partial charge in [0.1, 0.15) is 13.2 Å². The first-order valence-corrected chi connectivity index (χ1v) is 27.4. The molecule has 0 radical (unpaired) electrons. The maximum atomic E-state index is 12.7. The van der Waals surface area contributed by atoms with Gasteiger partial charge in [0.25, 0.3) is 0 Å². The summed E-state index contributed by atoms with van der Waals surface area (Å²) in [5.41, 5.74) is 0. The first-order chi connectivity index (χ1) is 29.9. The largest absolute Gasteiger partial charge is 0.462 e. The van der Waals surface area contributed by atoms with E-state index in [9.17, 15) is 14.4 Å². The van der Waals surface area contributed by atoms with Gasteiger partial charge >= 0.3 is 17.9 Å². The lowest BCUT2D eigenvalue weighted by atomic mass is 9.99. The Labute approximate surface area is 380 Å². The molecule has 0 saturated carbocycles. The summed E-state index contributed by atoms with van der Waals surface area (Å²) in [6, 6.07) is 0. The lowest BCUT2D eigenvalue weighted by molar-refractivity contribution is -0.167. The van der Waals surface area contributed by atoms with Crippen LogP contribution < -0.4 is 0 Å². The Bertz CT molecular complexity index is 920. The number of unbranched alkanes of at least 4 members (excludes halogenated alkanes) is 36. The van der Waals surface area contributed by atoms with Crippen molar-refractivity contribution in [3.8, 4) is 0 Å². The molecule has 0 aromatic heterocycles. The molecule has 0 aliphatic heterocycles. The van der Waals surface area contributed by atoms with Gasteiger partial charge in [0.2, 0.25) is 0 Å². The summed E-state index contributed by atoms with van der Waals surface area (Å²) in [6.07, 6.45) is 52.5. The summed E-state index contributed by atoms with van der Waals surface area (Å²) in [6.45, 7) is 9.05. The Morgan fingerprint density at radius 2 is 0.574 bits per heavy atom. The first-order valence-electron chi connectivity index (χ1n) is 27.4. The van der Waals surface area contributed by atoms with Crippen LogP contribution in [0.25, 0.3) is 0 Å². The molecule has 61 heavy (non-hydrogen) atoms. The van der Waals surface area contributed by atoms with Gasteiger partial charge in [-0.15, -0.1) is 0 Å². The number of esters is 3. The third-order valence-electron chi connectivity index (χ3n) is 12.9. The molecule has 0 bridgehead atoms. The van der Waals surface area contributed by atoms with Crippen molar-refractivity contribution < 1.29 is 28.6 Å². The molecule has 1 unspecified atom stereocenters. The van der Waals surface area contributed by atoms with Gasteiger partial charge in [-0.1, -0.05) is 272 Å². The van der Waals surface area contributed by atoms with Crippen LogP contribution in [-0.2, 0) is 28.6 Å². The van der Waals surface area contributed by atoms with Gasteiger partial charge in [0, 0.05) is 19.3 Å². The molecule has 0 spiro atoms. The van der Waals surface area contributed by atoms with E-state index in [1.807, 2.05) is 0 Å². The Balaban J connectivity index is 4.08. The standard InChI is InChI=1S/C55H106O6/c1-5-8-10-12-14-15-16-17-25-28-31-35-38-42-46-53(56)59-49-52(61-55(58)48-44-40-33-13-11-9-6-2)50-60-54(57)47-43-39-36-32-29-26-23-21-19-18-20-22-24-27-30-34-37-41-45-51(4)7-3/h51-52H,5-50H2,1-4H3/t51?,52-/m1/s1. The smallest absolute Gasteiger partial charge is 0.306 e. The van der Waals surface area contributed by atoms with Gasteiger partial charge in [-0.05, 0) is 25.2 Å². The first kappa shape index (κ1) is 59.4. The maximum Gasteiger partial charge on any atom is 0.306 e. The number of hydrogen-bond donors (Lipinski definition) is 0. The van der Waals surface area contributed by atoms with Crippen LogP contribution in [0.4, 0.5) is 0 Å². The second kappa shape index (κ2) is 49.4. The fourth-order valence-corrected chi connectivity index (χ4v) is 8.36. The van der Waals surface area contributed by atoms with Crippen molar-refractivity contribution in [1.29, 1.82) is 0 Å². The summed E-state index contributed by atoms with van der Waals surface area (Å²) in [4.78, 5) is 37.8. The van der Waals surface area contributed by atoms with E-state index in [0.29, 0.717) is 19.3 Å². The van der Waals surface area contributed by atoms with Crippen molar-refractivity contribution in [2.45, 2.75) is 316 Å². The van der Waals surface area contributed by atoms with Crippen LogP contribution in [0.2, 0.25) is 0 Å². The van der Waals surface area contributed by atoms with E-state index in [2.05, 4.69) is 27.7 Å². The van der Waals surface area contributed by atoms with Crippen LogP contribution in [0.5, 0.6) is 0 Å². The molecule has 0 aliphatic carbocycles. The Morgan fingerprint density at radius 3 is 0.852 bits per heavy atom. The molecule has 6 nitrogen and oxygen atoms in total. The van der Waals surface area contributed by atoms with Crippen molar-refractivity contribution in [1.82, 2.24) is 0 Å². The van der Waals surface area contributed by atoms with Crippen molar-refractivity contribution in [2.24, 2.45) is 5.92 Å². The molecular weight excluding hydrogens is 757 g/mol. The Kier molecular flexibility index (Phi) is 48.1. The molecule has 0 N–H and O–H groups in total. The summed E-state index contributed by atoms with van der Waals surface area (Å²) >= 11 is 0. The van der Waals surface area contributed by atoms with Crippen LogP contribution in [0, 0.1) is 5.92 Å². The van der Waals surface area contributed by atoms with E-state index in [4.69, 9.17) is 14.2 Å². The van der Waals surface area contributed by atoms with Crippen molar-refractivity contribution in [3.63, 3.8) is 0 Å². The van der Waals surface area contributed by atoms with E-state index >= 15 is 0 Å². The van der Waals surface area contributed by atoms with Crippen molar-refractivity contribution in [2.75, 3.05) is 13.2 Å². The molecule has 0 aromatic rings. The minimum absolute atomic E-state index is 0.0630. The van der Waals surface area contributed by atoms with Gasteiger partial charge in [0.05, 0.1) is 0 Å². The highest BCUT2D eigenvalue weighted by Gasteiger charge is 2.19. The quantitative estimate of drug-likeness (QED) is 0.0344. The number of hydrogen-bond acceptors (Lipinski definition) is 6. The van der Waals surface area contributed by atoms with Gasteiger partial charge < -0.3 is 14.2 Å². The minimum atomic E-state index is -0.759. The van der Waals surface area contributed by atoms with Gasteiger partial charge in [0.15, 0.2) is 6.10 Å². The zero-order valence-corrected chi connectivity index (χ0v) is 41.6. The van der Waals surface area contributed by atoms with Crippen molar-refractivity contribution >= 4 is 17.9 Å². The van der Waals surface area contributed by atoms with E-state index in [0.717, 1.165) is 63.7 Å². The fourth-order valence-electron chi connectivity index (χ4n) is 8.36. The number of ether oxygens (including phenoxy) is 3. The SMILES string of the molecule is CCCCCCCCCCCCCCCCC(=O)OC[C@H](COC(=O)CCCCCCCCCCCCCCCCCCCCC(C)CC)OC(=O)CCCCCCCCC. The predicted molar refractivity (Wildman–Crippen MR) is 261 cm³/mol. The fraction of sp³-hybridized carbons (Fsp3) is 0.945. The molecule has 362 valence electrons. The lowest BCUT2D eigenvalue weighted by Gasteiger charge is -2.18. The van der Waals surface area contributed by atoms with Crippen LogP contribution in [0.3, 0.4) is 0 Å². The summed E-state index contributed by atoms with van der Waals surface area (Å²) in [5, 5.41) is 0.